The van der Waals surface area contributed by atoms with Crippen molar-refractivity contribution in [3.63, 3.8) is 0 Å². The van der Waals surface area contributed by atoms with Gasteiger partial charge < -0.3 is 5.73 Å². The average molecular weight is 244 g/mol. The number of thiophene rings is 1. The molecule has 4 nitrogen and oxygen atoms in total. The van der Waals surface area contributed by atoms with Gasteiger partial charge in [0.15, 0.2) is 5.65 Å². The summed E-state index contributed by atoms with van der Waals surface area (Å²) in [5.41, 5.74) is 8.79. The van der Waals surface area contributed by atoms with Gasteiger partial charge >= 0.3 is 0 Å². The zero-order valence-corrected chi connectivity index (χ0v) is 10.0. The van der Waals surface area contributed by atoms with Crippen LogP contribution in [0.2, 0.25) is 0 Å². The third kappa shape index (κ3) is 1.94. The smallest absolute Gasteiger partial charge is 0.158 e. The normalized spacial score (nSPS) is 11.1. The van der Waals surface area contributed by atoms with E-state index < -0.39 is 0 Å². The SMILES string of the molecule is NCc1cnc2c(cnn2Cc2ccsc2)c1. The first-order chi connectivity index (χ1) is 8.36. The molecule has 3 aromatic heterocycles. The van der Waals surface area contributed by atoms with Crippen LogP contribution in [0.1, 0.15) is 11.1 Å². The molecular formula is C12H12N4S. The molecule has 5 heteroatoms. The Morgan fingerprint density at radius 1 is 1.29 bits per heavy atom. The molecule has 0 aliphatic carbocycles. The number of rotatable bonds is 3. The Balaban J connectivity index is 2.00. The molecule has 0 amide bonds. The largest absolute Gasteiger partial charge is 0.326 e. The molecule has 0 spiro atoms. The van der Waals surface area contributed by atoms with Gasteiger partial charge in [-0.3, -0.25) is 0 Å². The van der Waals surface area contributed by atoms with Crippen molar-refractivity contribution >= 4 is 22.4 Å². The zero-order valence-electron chi connectivity index (χ0n) is 9.21. The Morgan fingerprint density at radius 3 is 3.00 bits per heavy atom. The maximum atomic E-state index is 5.59. The van der Waals surface area contributed by atoms with Gasteiger partial charge in [0.05, 0.1) is 12.7 Å². The first kappa shape index (κ1) is 10.4. The van der Waals surface area contributed by atoms with Gasteiger partial charge in [0.2, 0.25) is 0 Å². The Kier molecular flexibility index (Phi) is 2.62. The monoisotopic (exact) mass is 244 g/mol. The fraction of sp³-hybridized carbons (Fsp3) is 0.167. The molecule has 0 aromatic carbocycles. The van der Waals surface area contributed by atoms with Crippen molar-refractivity contribution < 1.29 is 0 Å². The molecule has 2 N–H and O–H groups in total. The van der Waals surface area contributed by atoms with Gasteiger partial charge in [0, 0.05) is 18.1 Å². The Hall–Kier alpha value is -1.72. The van der Waals surface area contributed by atoms with Gasteiger partial charge in [0.1, 0.15) is 0 Å². The molecule has 0 radical (unpaired) electrons. The molecule has 3 rings (SSSR count). The highest BCUT2D eigenvalue weighted by atomic mass is 32.1. The van der Waals surface area contributed by atoms with Gasteiger partial charge in [-0.1, -0.05) is 0 Å². The lowest BCUT2D eigenvalue weighted by atomic mass is 10.2. The van der Waals surface area contributed by atoms with Crippen LogP contribution in [0.25, 0.3) is 11.0 Å². The predicted molar refractivity (Wildman–Crippen MR) is 68.8 cm³/mol. The molecule has 86 valence electrons. The minimum absolute atomic E-state index is 0.513. The minimum Gasteiger partial charge on any atom is -0.326 e. The summed E-state index contributed by atoms with van der Waals surface area (Å²) in [5.74, 6) is 0. The fourth-order valence-electron chi connectivity index (χ4n) is 1.80. The van der Waals surface area contributed by atoms with E-state index in [2.05, 4.69) is 26.9 Å². The van der Waals surface area contributed by atoms with Crippen LogP contribution < -0.4 is 5.73 Å². The van der Waals surface area contributed by atoms with Crippen molar-refractivity contribution in [2.45, 2.75) is 13.1 Å². The number of nitrogens with two attached hydrogens (primary N) is 1. The molecule has 3 heterocycles. The number of nitrogens with zero attached hydrogens (tertiary/aromatic N) is 3. The highest BCUT2D eigenvalue weighted by molar-refractivity contribution is 7.07. The first-order valence-corrected chi connectivity index (χ1v) is 6.32. The van der Waals surface area contributed by atoms with Gasteiger partial charge in [-0.25, -0.2) is 9.67 Å². The van der Waals surface area contributed by atoms with Crippen molar-refractivity contribution in [3.05, 3.63) is 46.4 Å². The summed E-state index contributed by atoms with van der Waals surface area (Å²) in [6.45, 7) is 1.28. The van der Waals surface area contributed by atoms with Crippen LogP contribution in [-0.2, 0) is 13.1 Å². The molecule has 0 fully saturated rings. The summed E-state index contributed by atoms with van der Waals surface area (Å²) in [6, 6.07) is 4.14. The third-order valence-corrected chi connectivity index (χ3v) is 3.41. The maximum absolute atomic E-state index is 5.59. The molecule has 0 atom stereocenters. The van der Waals surface area contributed by atoms with E-state index in [0.29, 0.717) is 6.54 Å². The molecule has 17 heavy (non-hydrogen) atoms. The molecule has 0 aliphatic heterocycles. The molecule has 0 bridgehead atoms. The van der Waals surface area contributed by atoms with Crippen LogP contribution in [-0.4, -0.2) is 14.8 Å². The molecule has 0 unspecified atom stereocenters. The predicted octanol–water partition coefficient (Wildman–Crippen LogP) is 2.00. The molecule has 3 aromatic rings. The summed E-state index contributed by atoms with van der Waals surface area (Å²) in [6.07, 6.45) is 3.65. The Labute approximate surface area is 103 Å². The van der Waals surface area contributed by atoms with E-state index in [9.17, 15) is 0 Å². The Morgan fingerprint density at radius 2 is 2.24 bits per heavy atom. The topological polar surface area (TPSA) is 56.7 Å². The third-order valence-electron chi connectivity index (χ3n) is 2.68. The van der Waals surface area contributed by atoms with E-state index in [-0.39, 0.29) is 0 Å². The molecule has 0 aliphatic rings. The fourth-order valence-corrected chi connectivity index (χ4v) is 2.46. The first-order valence-electron chi connectivity index (χ1n) is 5.38. The van der Waals surface area contributed by atoms with Crippen LogP contribution in [0.15, 0.2) is 35.3 Å². The van der Waals surface area contributed by atoms with E-state index in [4.69, 9.17) is 5.73 Å². The summed E-state index contributed by atoms with van der Waals surface area (Å²) >= 11 is 1.69. The second-order valence-corrected chi connectivity index (χ2v) is 4.67. The van der Waals surface area contributed by atoms with Gasteiger partial charge in [-0.15, -0.1) is 0 Å². The molecule has 0 saturated carbocycles. The number of hydrogen-bond acceptors (Lipinski definition) is 4. The van der Waals surface area contributed by atoms with Gasteiger partial charge in [-0.05, 0) is 34.0 Å². The van der Waals surface area contributed by atoms with Gasteiger partial charge in [0.25, 0.3) is 0 Å². The number of hydrogen-bond donors (Lipinski definition) is 1. The minimum atomic E-state index is 0.513. The van der Waals surface area contributed by atoms with Crippen molar-refractivity contribution in [2.75, 3.05) is 0 Å². The number of pyridine rings is 1. The van der Waals surface area contributed by atoms with Crippen LogP contribution >= 0.6 is 11.3 Å². The number of fused-ring (bicyclic) bond motifs is 1. The van der Waals surface area contributed by atoms with Gasteiger partial charge in [-0.2, -0.15) is 16.4 Å². The summed E-state index contributed by atoms with van der Waals surface area (Å²) in [5, 5.41) is 9.61. The zero-order chi connectivity index (χ0) is 11.7. The lowest BCUT2D eigenvalue weighted by Gasteiger charge is -2.01. The summed E-state index contributed by atoms with van der Waals surface area (Å²) in [4.78, 5) is 4.42. The Bertz CT molecular complexity index is 627. The lowest BCUT2D eigenvalue weighted by molar-refractivity contribution is 0.706. The quantitative estimate of drug-likeness (QED) is 0.766. The maximum Gasteiger partial charge on any atom is 0.158 e. The van der Waals surface area contributed by atoms with Crippen molar-refractivity contribution in [1.82, 2.24) is 14.8 Å². The van der Waals surface area contributed by atoms with Crippen molar-refractivity contribution in [3.8, 4) is 0 Å². The number of aromatic nitrogens is 3. The van der Waals surface area contributed by atoms with E-state index >= 15 is 0 Å². The van der Waals surface area contributed by atoms with Crippen LogP contribution in [0.3, 0.4) is 0 Å². The highest BCUT2D eigenvalue weighted by Gasteiger charge is 2.05. The van der Waals surface area contributed by atoms with Crippen molar-refractivity contribution in [2.24, 2.45) is 5.73 Å². The van der Waals surface area contributed by atoms with E-state index in [1.807, 2.05) is 23.1 Å². The highest BCUT2D eigenvalue weighted by Crippen LogP contribution is 2.15. The van der Waals surface area contributed by atoms with Crippen LogP contribution in [0, 0.1) is 0 Å². The average Bonchev–Trinajstić information content (AvgIpc) is 2.99. The van der Waals surface area contributed by atoms with Crippen LogP contribution in [0.4, 0.5) is 0 Å². The van der Waals surface area contributed by atoms with Crippen LogP contribution in [0.5, 0.6) is 0 Å². The van der Waals surface area contributed by atoms with E-state index in [0.717, 1.165) is 23.1 Å². The standard InChI is InChI=1S/C12H12N4S/c13-4-10-3-11-6-15-16(12(11)14-5-10)7-9-1-2-17-8-9/h1-3,5-6,8H,4,7,13H2. The molecular weight excluding hydrogens is 232 g/mol. The van der Waals surface area contributed by atoms with E-state index in [1.54, 1.807) is 11.3 Å². The summed E-state index contributed by atoms with van der Waals surface area (Å²) < 4.78 is 1.91. The van der Waals surface area contributed by atoms with E-state index in [1.165, 1.54) is 5.56 Å². The molecule has 0 saturated heterocycles. The van der Waals surface area contributed by atoms with Crippen molar-refractivity contribution in [1.29, 1.82) is 0 Å². The second kappa shape index (κ2) is 4.27. The summed E-state index contributed by atoms with van der Waals surface area (Å²) in [7, 11) is 0. The second-order valence-electron chi connectivity index (χ2n) is 3.89. The lowest BCUT2D eigenvalue weighted by Crippen LogP contribution is -2.02.